The largest absolute Gasteiger partial charge is 0.723 e. The lowest BCUT2D eigenvalue weighted by atomic mass is 10.1. The van der Waals surface area contributed by atoms with Gasteiger partial charge in [0.1, 0.15) is 0 Å². The molecule has 0 saturated heterocycles. The fourth-order valence-electron chi connectivity index (χ4n) is 1.99. The third-order valence-electron chi connectivity index (χ3n) is 3.31. The minimum atomic E-state index is -4.22. The SMILES string of the molecule is CCOC(=O)CCC(C(=O)OCC)N(CC([N+](=O)[O-])([N+](=O)[O-])[N+](=O)[O-])[N+](=O)[O-]. The minimum absolute atomic E-state index is 0.0467. The third kappa shape index (κ3) is 5.68. The first kappa shape index (κ1) is 24.3. The average molecular weight is 411 g/mol. The molecule has 0 aliphatic rings. The summed E-state index contributed by atoms with van der Waals surface area (Å²) >= 11 is 0. The molecule has 17 nitrogen and oxygen atoms in total. The number of carbonyl (C=O) groups excluding carboxylic acids is 2. The van der Waals surface area contributed by atoms with Crippen molar-refractivity contribution in [2.75, 3.05) is 19.8 Å². The molecule has 0 aliphatic carbocycles. The summed E-state index contributed by atoms with van der Waals surface area (Å²) in [6.07, 6.45) is -1.29. The fourth-order valence-corrected chi connectivity index (χ4v) is 1.99. The molecule has 0 aromatic heterocycles. The maximum Gasteiger partial charge on any atom is 0.723 e. The molecular weight excluding hydrogens is 394 g/mol. The number of nitro groups is 4. The van der Waals surface area contributed by atoms with E-state index in [0.717, 1.165) is 0 Å². The highest BCUT2D eigenvalue weighted by Crippen LogP contribution is 2.19. The molecule has 0 spiro atoms. The highest BCUT2D eigenvalue weighted by Gasteiger charge is 2.74. The molecule has 0 fully saturated rings. The number of hydrogen-bond donors (Lipinski definition) is 0. The van der Waals surface area contributed by atoms with Gasteiger partial charge in [0.2, 0.25) is 0 Å². The van der Waals surface area contributed by atoms with Crippen LogP contribution in [0.4, 0.5) is 0 Å². The van der Waals surface area contributed by atoms with Crippen molar-refractivity contribution in [3.8, 4) is 0 Å². The number of hydrogen-bond acceptors (Lipinski definition) is 12. The van der Waals surface area contributed by atoms with Crippen LogP contribution in [0.5, 0.6) is 0 Å². The van der Waals surface area contributed by atoms with Gasteiger partial charge in [-0.2, -0.15) is 0 Å². The van der Waals surface area contributed by atoms with Crippen molar-refractivity contribution in [3.63, 3.8) is 0 Å². The Morgan fingerprint density at radius 2 is 1.39 bits per heavy atom. The second-order valence-corrected chi connectivity index (χ2v) is 4.99. The molecular formula is C11H17N5O12. The fraction of sp³-hybridized carbons (Fsp3) is 0.818. The first-order valence-corrected chi connectivity index (χ1v) is 7.62. The van der Waals surface area contributed by atoms with E-state index in [9.17, 15) is 50.0 Å². The molecule has 1 unspecified atom stereocenters. The van der Waals surface area contributed by atoms with Crippen LogP contribution in [-0.4, -0.2) is 68.3 Å². The van der Waals surface area contributed by atoms with E-state index in [4.69, 9.17) is 0 Å². The van der Waals surface area contributed by atoms with Gasteiger partial charge in [0.15, 0.2) is 25.8 Å². The Labute approximate surface area is 155 Å². The molecule has 0 aliphatic heterocycles. The summed E-state index contributed by atoms with van der Waals surface area (Å²) in [7, 11) is 0. The number of hydrazine groups is 1. The second-order valence-electron chi connectivity index (χ2n) is 4.99. The number of rotatable bonds is 13. The molecule has 0 bridgehead atoms. The predicted molar refractivity (Wildman–Crippen MR) is 83.7 cm³/mol. The van der Waals surface area contributed by atoms with Crippen molar-refractivity contribution in [1.82, 2.24) is 5.01 Å². The number of esters is 2. The van der Waals surface area contributed by atoms with Crippen molar-refractivity contribution in [2.45, 2.75) is 38.5 Å². The Morgan fingerprint density at radius 1 is 0.929 bits per heavy atom. The van der Waals surface area contributed by atoms with Gasteiger partial charge in [-0.05, 0) is 20.3 Å². The van der Waals surface area contributed by atoms with Crippen LogP contribution in [0.3, 0.4) is 0 Å². The first-order chi connectivity index (χ1) is 12.9. The van der Waals surface area contributed by atoms with E-state index in [2.05, 4.69) is 9.47 Å². The lowest BCUT2D eigenvalue weighted by molar-refractivity contribution is -0.973. The van der Waals surface area contributed by atoms with Gasteiger partial charge in [0, 0.05) is 6.42 Å². The van der Waals surface area contributed by atoms with Crippen LogP contribution in [0.25, 0.3) is 0 Å². The number of nitrogens with zero attached hydrogens (tertiary/aromatic N) is 5. The van der Waals surface area contributed by atoms with Crippen molar-refractivity contribution in [3.05, 3.63) is 40.5 Å². The molecule has 0 radical (unpaired) electrons. The number of ether oxygens (including phenoxy) is 2. The van der Waals surface area contributed by atoms with Gasteiger partial charge in [-0.1, -0.05) is 5.01 Å². The van der Waals surface area contributed by atoms with Gasteiger partial charge >= 0.3 is 17.7 Å². The molecule has 0 aromatic rings. The summed E-state index contributed by atoms with van der Waals surface area (Å²) in [5, 5.41) is 42.5. The third-order valence-corrected chi connectivity index (χ3v) is 3.31. The standard InChI is InChI=1S/C11H17N5O12/c1-3-27-9(17)6-5-8(10(18)28-4-2)12(16(25)26)7-11(13(19)20,14(21)22)15(23)24/h8H,3-7H2,1-2H3. The first-order valence-electron chi connectivity index (χ1n) is 7.62. The Hall–Kier alpha value is -3.66. The number of carbonyl (C=O) groups is 2. The van der Waals surface area contributed by atoms with E-state index < -0.39 is 63.0 Å². The molecule has 0 amide bonds. The molecule has 0 heterocycles. The molecule has 158 valence electrons. The monoisotopic (exact) mass is 411 g/mol. The lowest BCUT2D eigenvalue weighted by Gasteiger charge is -2.22. The van der Waals surface area contributed by atoms with E-state index in [-0.39, 0.29) is 18.2 Å². The van der Waals surface area contributed by atoms with Crippen LogP contribution in [-0.2, 0) is 19.1 Å². The summed E-state index contributed by atoms with van der Waals surface area (Å²) in [4.78, 5) is 62.1. The summed E-state index contributed by atoms with van der Waals surface area (Å²) in [6.45, 7) is 0.454. The van der Waals surface area contributed by atoms with Crippen LogP contribution >= 0.6 is 0 Å². The Morgan fingerprint density at radius 3 is 1.75 bits per heavy atom. The second kappa shape index (κ2) is 10.5. The Kier molecular flexibility index (Phi) is 9.11. The van der Waals surface area contributed by atoms with Gasteiger partial charge in [0.25, 0.3) is 6.54 Å². The van der Waals surface area contributed by atoms with E-state index >= 15 is 0 Å². The molecule has 0 aromatic carbocycles. The van der Waals surface area contributed by atoms with E-state index in [1.165, 1.54) is 13.8 Å². The van der Waals surface area contributed by atoms with E-state index in [1.54, 1.807) is 0 Å². The summed E-state index contributed by atoms with van der Waals surface area (Å²) < 4.78 is 9.16. The lowest BCUT2D eigenvalue weighted by Crippen LogP contribution is -2.63. The van der Waals surface area contributed by atoms with E-state index in [0.29, 0.717) is 0 Å². The smallest absolute Gasteiger partial charge is 0.466 e. The average Bonchev–Trinajstić information content (AvgIpc) is 2.56. The van der Waals surface area contributed by atoms with Crippen LogP contribution in [0.1, 0.15) is 26.7 Å². The maximum atomic E-state index is 12.0. The van der Waals surface area contributed by atoms with Gasteiger partial charge in [-0.15, -0.1) is 0 Å². The molecule has 0 rings (SSSR count). The van der Waals surface area contributed by atoms with Gasteiger partial charge < -0.3 is 9.47 Å². The zero-order valence-electron chi connectivity index (χ0n) is 14.7. The molecule has 17 heteroatoms. The van der Waals surface area contributed by atoms with Crippen LogP contribution in [0.15, 0.2) is 0 Å². The van der Waals surface area contributed by atoms with Crippen LogP contribution in [0.2, 0.25) is 0 Å². The zero-order valence-corrected chi connectivity index (χ0v) is 14.7. The molecule has 0 saturated carbocycles. The van der Waals surface area contributed by atoms with Gasteiger partial charge in [-0.3, -0.25) is 35.1 Å². The van der Waals surface area contributed by atoms with Crippen LogP contribution < -0.4 is 0 Å². The van der Waals surface area contributed by atoms with Crippen molar-refractivity contribution < 1.29 is 38.9 Å². The minimum Gasteiger partial charge on any atom is -0.466 e. The normalized spacial score (nSPS) is 11.8. The van der Waals surface area contributed by atoms with Crippen molar-refractivity contribution >= 4 is 11.9 Å². The van der Waals surface area contributed by atoms with E-state index in [1.807, 2.05) is 0 Å². The Balaban J connectivity index is 6.02. The maximum absolute atomic E-state index is 12.0. The summed E-state index contributed by atoms with van der Waals surface area (Å²) in [5.41, 5.74) is 0. The highest BCUT2D eigenvalue weighted by molar-refractivity contribution is 5.77. The predicted octanol–water partition coefficient (Wildman–Crippen LogP) is -0.761. The Bertz CT molecular complexity index is 616. The molecule has 28 heavy (non-hydrogen) atoms. The van der Waals surface area contributed by atoms with Gasteiger partial charge in [-0.25, -0.2) is 14.9 Å². The quantitative estimate of drug-likeness (QED) is 0.157. The summed E-state index contributed by atoms with van der Waals surface area (Å²) in [6, 6.07) is -2.06. The van der Waals surface area contributed by atoms with Crippen molar-refractivity contribution in [1.29, 1.82) is 0 Å². The molecule has 1 atom stereocenters. The summed E-state index contributed by atoms with van der Waals surface area (Å²) in [5.74, 6) is -6.46. The highest BCUT2D eigenvalue weighted by atomic mass is 16.7. The molecule has 0 N–H and O–H groups in total. The van der Waals surface area contributed by atoms with Crippen molar-refractivity contribution in [2.24, 2.45) is 0 Å². The zero-order chi connectivity index (χ0) is 22.1. The van der Waals surface area contributed by atoms with Gasteiger partial charge in [0.05, 0.1) is 13.2 Å². The van der Waals surface area contributed by atoms with Crippen LogP contribution in [0, 0.1) is 40.5 Å². The topological polar surface area (TPSA) is 228 Å².